The summed E-state index contributed by atoms with van der Waals surface area (Å²) in [5.74, 6) is -0.0840. The fourth-order valence-electron chi connectivity index (χ4n) is 2.08. The molecule has 0 saturated carbocycles. The summed E-state index contributed by atoms with van der Waals surface area (Å²) in [7, 11) is 0. The molecule has 0 radical (unpaired) electrons. The number of rotatable bonds is 3. The van der Waals surface area contributed by atoms with Crippen LogP contribution in [-0.2, 0) is 0 Å². The van der Waals surface area contributed by atoms with Gasteiger partial charge in [-0.3, -0.25) is 4.79 Å². The summed E-state index contributed by atoms with van der Waals surface area (Å²) in [6.07, 6.45) is 0. The molecule has 21 heavy (non-hydrogen) atoms. The predicted octanol–water partition coefficient (Wildman–Crippen LogP) is 4.05. The van der Waals surface area contributed by atoms with Gasteiger partial charge < -0.3 is 0 Å². The molecular weight excluding hydrogens is 280 g/mol. The first-order valence-corrected chi connectivity index (χ1v) is 7.39. The largest absolute Gasteiger partial charge is 0.287 e. The number of nitrogens with zero attached hydrogens (tertiary/aromatic N) is 2. The van der Waals surface area contributed by atoms with Crippen LogP contribution in [0.2, 0.25) is 0 Å². The second-order valence-corrected chi connectivity index (χ2v) is 5.55. The van der Waals surface area contributed by atoms with E-state index in [1.54, 1.807) is 0 Å². The zero-order valence-electron chi connectivity index (χ0n) is 11.8. The smallest absolute Gasteiger partial charge is 0.214 e. The van der Waals surface area contributed by atoms with Crippen LogP contribution >= 0.6 is 11.7 Å². The maximum atomic E-state index is 12.6. The molecule has 0 aliphatic rings. The molecule has 0 spiro atoms. The van der Waals surface area contributed by atoms with Crippen molar-refractivity contribution in [3.05, 3.63) is 70.9 Å². The average molecular weight is 294 g/mol. The first-order valence-electron chi connectivity index (χ1n) is 6.66. The highest BCUT2D eigenvalue weighted by Crippen LogP contribution is 2.24. The van der Waals surface area contributed by atoms with Crippen LogP contribution in [0.4, 0.5) is 0 Å². The molecule has 0 atom stereocenters. The van der Waals surface area contributed by atoms with E-state index in [0.29, 0.717) is 17.0 Å². The first-order chi connectivity index (χ1) is 10.1. The Hall–Kier alpha value is -2.33. The third-order valence-corrected chi connectivity index (χ3v) is 3.87. The predicted molar refractivity (Wildman–Crippen MR) is 84.7 cm³/mol. The molecule has 0 bridgehead atoms. The standard InChI is InChI=1S/C17H14N2OS/c1-11-3-7-13(8-4-11)15-16(19-21-18-15)17(20)14-9-5-12(2)6-10-14/h3-10H,1-2H3. The van der Waals surface area contributed by atoms with Gasteiger partial charge in [-0.05, 0) is 13.8 Å². The Balaban J connectivity index is 2.00. The lowest BCUT2D eigenvalue weighted by Gasteiger charge is -2.02. The summed E-state index contributed by atoms with van der Waals surface area (Å²) >= 11 is 1.07. The van der Waals surface area contributed by atoms with Crippen molar-refractivity contribution in [3.8, 4) is 11.3 Å². The van der Waals surface area contributed by atoms with E-state index in [1.807, 2.05) is 62.4 Å². The summed E-state index contributed by atoms with van der Waals surface area (Å²) in [6, 6.07) is 15.5. The number of hydrogen-bond donors (Lipinski definition) is 0. The molecule has 104 valence electrons. The number of carbonyl (C=O) groups is 1. The van der Waals surface area contributed by atoms with E-state index in [4.69, 9.17) is 0 Å². The number of aryl methyl sites for hydroxylation is 2. The molecule has 0 amide bonds. The van der Waals surface area contributed by atoms with E-state index in [0.717, 1.165) is 22.9 Å². The van der Waals surface area contributed by atoms with Crippen LogP contribution in [0.5, 0.6) is 0 Å². The number of aromatic nitrogens is 2. The maximum absolute atomic E-state index is 12.6. The van der Waals surface area contributed by atoms with Gasteiger partial charge in [0.25, 0.3) is 0 Å². The maximum Gasteiger partial charge on any atom is 0.214 e. The van der Waals surface area contributed by atoms with Gasteiger partial charge in [0.1, 0.15) is 5.69 Å². The van der Waals surface area contributed by atoms with Crippen LogP contribution in [-0.4, -0.2) is 14.5 Å². The molecule has 1 heterocycles. The molecule has 0 N–H and O–H groups in total. The minimum atomic E-state index is -0.0840. The number of ketones is 1. The number of carbonyl (C=O) groups excluding carboxylic acids is 1. The minimum Gasteiger partial charge on any atom is -0.287 e. The highest BCUT2D eigenvalue weighted by molar-refractivity contribution is 6.99. The van der Waals surface area contributed by atoms with E-state index >= 15 is 0 Å². The molecule has 3 nitrogen and oxygen atoms in total. The summed E-state index contributed by atoms with van der Waals surface area (Å²) in [5, 5.41) is 0. The molecule has 2 aromatic carbocycles. The Morgan fingerprint density at radius 1 is 0.857 bits per heavy atom. The number of hydrogen-bond acceptors (Lipinski definition) is 4. The van der Waals surface area contributed by atoms with Gasteiger partial charge in [-0.2, -0.15) is 8.75 Å². The lowest BCUT2D eigenvalue weighted by atomic mass is 10.0. The van der Waals surface area contributed by atoms with Crippen molar-refractivity contribution in [2.24, 2.45) is 0 Å². The van der Waals surface area contributed by atoms with Crippen molar-refractivity contribution in [2.45, 2.75) is 13.8 Å². The van der Waals surface area contributed by atoms with Crippen LogP contribution in [0.1, 0.15) is 27.2 Å². The van der Waals surface area contributed by atoms with Gasteiger partial charge in [-0.15, -0.1) is 0 Å². The topological polar surface area (TPSA) is 42.9 Å². The van der Waals surface area contributed by atoms with Crippen molar-refractivity contribution in [1.82, 2.24) is 8.75 Å². The van der Waals surface area contributed by atoms with Gasteiger partial charge in [0.05, 0.1) is 11.7 Å². The monoisotopic (exact) mass is 294 g/mol. The lowest BCUT2D eigenvalue weighted by molar-refractivity contribution is 0.103. The third-order valence-electron chi connectivity index (χ3n) is 3.34. The molecule has 0 saturated heterocycles. The fraction of sp³-hybridized carbons (Fsp3) is 0.118. The molecule has 0 fully saturated rings. The van der Waals surface area contributed by atoms with Gasteiger partial charge in [0, 0.05) is 11.1 Å². The second kappa shape index (κ2) is 5.58. The highest BCUT2D eigenvalue weighted by atomic mass is 32.1. The first kappa shape index (κ1) is 13.6. The van der Waals surface area contributed by atoms with Crippen molar-refractivity contribution in [2.75, 3.05) is 0 Å². The van der Waals surface area contributed by atoms with Gasteiger partial charge in [-0.25, -0.2) is 0 Å². The van der Waals surface area contributed by atoms with Gasteiger partial charge in [0.2, 0.25) is 5.78 Å². The Labute approximate surface area is 127 Å². The fourth-order valence-corrected chi connectivity index (χ4v) is 2.65. The van der Waals surface area contributed by atoms with E-state index in [1.165, 1.54) is 5.56 Å². The summed E-state index contributed by atoms with van der Waals surface area (Å²) in [4.78, 5) is 12.6. The van der Waals surface area contributed by atoms with Crippen molar-refractivity contribution in [3.63, 3.8) is 0 Å². The second-order valence-electron chi connectivity index (χ2n) is 5.02. The Morgan fingerprint density at radius 3 is 2.05 bits per heavy atom. The Kier molecular flexibility index (Phi) is 3.62. The zero-order valence-corrected chi connectivity index (χ0v) is 12.6. The molecule has 0 aliphatic heterocycles. The van der Waals surface area contributed by atoms with Crippen LogP contribution in [0.15, 0.2) is 48.5 Å². The Bertz CT molecular complexity index is 773. The van der Waals surface area contributed by atoms with Crippen LogP contribution in [0.25, 0.3) is 11.3 Å². The van der Waals surface area contributed by atoms with Crippen LogP contribution in [0, 0.1) is 13.8 Å². The van der Waals surface area contributed by atoms with Crippen molar-refractivity contribution in [1.29, 1.82) is 0 Å². The van der Waals surface area contributed by atoms with Gasteiger partial charge >= 0.3 is 0 Å². The van der Waals surface area contributed by atoms with E-state index in [9.17, 15) is 4.79 Å². The Morgan fingerprint density at radius 2 is 1.43 bits per heavy atom. The highest BCUT2D eigenvalue weighted by Gasteiger charge is 2.19. The molecule has 3 aromatic rings. The summed E-state index contributed by atoms with van der Waals surface area (Å²) < 4.78 is 8.48. The molecule has 1 aromatic heterocycles. The van der Waals surface area contributed by atoms with Crippen LogP contribution < -0.4 is 0 Å². The van der Waals surface area contributed by atoms with Gasteiger partial charge in [0.15, 0.2) is 5.69 Å². The molecule has 0 aliphatic carbocycles. The number of benzene rings is 2. The van der Waals surface area contributed by atoms with Crippen molar-refractivity contribution >= 4 is 17.5 Å². The summed E-state index contributed by atoms with van der Waals surface area (Å²) in [5.41, 5.74) is 4.94. The van der Waals surface area contributed by atoms with E-state index in [2.05, 4.69) is 8.75 Å². The third kappa shape index (κ3) is 2.76. The van der Waals surface area contributed by atoms with Crippen molar-refractivity contribution < 1.29 is 4.79 Å². The zero-order chi connectivity index (χ0) is 14.8. The minimum absolute atomic E-state index is 0.0840. The molecule has 0 unspecified atom stereocenters. The van der Waals surface area contributed by atoms with E-state index in [-0.39, 0.29) is 5.78 Å². The molecule has 3 rings (SSSR count). The lowest BCUT2D eigenvalue weighted by Crippen LogP contribution is -2.03. The SMILES string of the molecule is Cc1ccc(C(=O)c2nsnc2-c2ccc(C)cc2)cc1. The van der Waals surface area contributed by atoms with Gasteiger partial charge in [-0.1, -0.05) is 59.7 Å². The molecule has 4 heteroatoms. The quantitative estimate of drug-likeness (QED) is 0.684. The van der Waals surface area contributed by atoms with E-state index < -0.39 is 0 Å². The summed E-state index contributed by atoms with van der Waals surface area (Å²) in [6.45, 7) is 4.03. The normalized spacial score (nSPS) is 10.6. The van der Waals surface area contributed by atoms with Crippen LogP contribution in [0.3, 0.4) is 0 Å². The average Bonchev–Trinajstić information content (AvgIpc) is 2.97. The molecular formula is C17H14N2OS.